The molecule has 0 unspecified atom stereocenters. The van der Waals surface area contributed by atoms with Crippen LogP contribution in [0.15, 0.2) is 30.3 Å². The number of benzene rings is 1. The molecule has 2 fully saturated rings. The normalized spacial score (nSPS) is 21.5. The number of hydrogen-bond acceptors (Lipinski definition) is 4. The first-order chi connectivity index (χ1) is 13.7. The van der Waals surface area contributed by atoms with E-state index in [2.05, 4.69) is 22.0 Å². The highest BCUT2D eigenvalue weighted by atomic mass is 32.1. The van der Waals surface area contributed by atoms with Gasteiger partial charge in [-0.25, -0.2) is 4.98 Å². The maximum atomic E-state index is 11.7. The Hall–Kier alpha value is -2.18. The number of rotatable bonds is 4. The zero-order valence-corrected chi connectivity index (χ0v) is 16.8. The standard InChI is InChI=1S/C22H26N4OS/c23-21(27)15-8-4-9-16-20(15)25-22(24-16)19-12-11-18(28-19)17-10-5-13-26(17)14-6-2-1-3-7-14/h4,8-9,11-12,14,17H,1-3,5-7,10,13H2,(H2,23,27)(H,24,25)/t17-/m1/s1. The third kappa shape index (κ3) is 3.14. The van der Waals surface area contributed by atoms with Crippen LogP contribution in [0, 0.1) is 0 Å². The Balaban J connectivity index is 1.44. The minimum Gasteiger partial charge on any atom is -0.366 e. The first kappa shape index (κ1) is 17.9. The summed E-state index contributed by atoms with van der Waals surface area (Å²) in [5.74, 6) is 0.381. The van der Waals surface area contributed by atoms with Crippen LogP contribution in [0.25, 0.3) is 21.7 Å². The average Bonchev–Trinajstić information content (AvgIpc) is 3.45. The van der Waals surface area contributed by atoms with E-state index in [4.69, 9.17) is 10.7 Å². The van der Waals surface area contributed by atoms with Crippen LogP contribution in [0.5, 0.6) is 0 Å². The number of hydrogen-bond donors (Lipinski definition) is 2. The molecule has 1 aliphatic carbocycles. The molecule has 28 heavy (non-hydrogen) atoms. The Kier molecular flexibility index (Phi) is 4.69. The highest BCUT2D eigenvalue weighted by molar-refractivity contribution is 7.15. The summed E-state index contributed by atoms with van der Waals surface area (Å²) in [5, 5.41) is 0. The number of primary amides is 1. The van der Waals surface area contributed by atoms with Crippen LogP contribution < -0.4 is 5.73 Å². The van der Waals surface area contributed by atoms with Gasteiger partial charge in [0, 0.05) is 17.0 Å². The fraction of sp³-hybridized carbons (Fsp3) is 0.455. The second kappa shape index (κ2) is 7.33. The van der Waals surface area contributed by atoms with E-state index in [0.29, 0.717) is 17.1 Å². The fourth-order valence-corrected chi connectivity index (χ4v) is 6.06. The van der Waals surface area contributed by atoms with E-state index in [1.807, 2.05) is 23.5 Å². The summed E-state index contributed by atoms with van der Waals surface area (Å²) in [6, 6.07) is 11.3. The molecule has 3 heterocycles. The van der Waals surface area contributed by atoms with E-state index >= 15 is 0 Å². The molecule has 146 valence electrons. The molecule has 6 heteroatoms. The third-order valence-corrected chi connectivity index (χ3v) is 7.50. The molecular formula is C22H26N4OS. The SMILES string of the molecule is NC(=O)c1cccc2[nH]c(-c3ccc([C@H]4CCCN4C4CCCCC4)s3)nc12. The molecule has 5 nitrogen and oxygen atoms in total. The molecule has 1 aliphatic heterocycles. The lowest BCUT2D eigenvalue weighted by molar-refractivity contribution is 0.100. The Morgan fingerprint density at radius 1 is 1.11 bits per heavy atom. The molecule has 2 aliphatic rings. The molecule has 0 bridgehead atoms. The van der Waals surface area contributed by atoms with Gasteiger partial charge in [0.25, 0.3) is 5.91 Å². The molecule has 1 saturated carbocycles. The number of nitrogens with two attached hydrogens (primary N) is 1. The number of imidazole rings is 1. The first-order valence-electron chi connectivity index (χ1n) is 10.3. The quantitative estimate of drug-likeness (QED) is 0.663. The molecule has 3 aromatic rings. The van der Waals surface area contributed by atoms with Gasteiger partial charge in [-0.05, 0) is 56.5 Å². The molecule has 0 radical (unpaired) electrons. The maximum Gasteiger partial charge on any atom is 0.250 e. The van der Waals surface area contributed by atoms with Gasteiger partial charge in [-0.1, -0.05) is 25.3 Å². The van der Waals surface area contributed by atoms with Crippen molar-refractivity contribution in [1.82, 2.24) is 14.9 Å². The second-order valence-electron chi connectivity index (χ2n) is 8.04. The van der Waals surface area contributed by atoms with Crippen molar-refractivity contribution in [1.29, 1.82) is 0 Å². The highest BCUT2D eigenvalue weighted by Gasteiger charge is 2.33. The van der Waals surface area contributed by atoms with Crippen molar-refractivity contribution in [3.8, 4) is 10.7 Å². The van der Waals surface area contributed by atoms with Crippen molar-refractivity contribution in [3.63, 3.8) is 0 Å². The first-order valence-corrected chi connectivity index (χ1v) is 11.2. The summed E-state index contributed by atoms with van der Waals surface area (Å²) in [6.45, 7) is 1.23. The van der Waals surface area contributed by atoms with Gasteiger partial charge in [-0.3, -0.25) is 9.69 Å². The van der Waals surface area contributed by atoms with Gasteiger partial charge in [0.1, 0.15) is 11.3 Å². The number of aromatic nitrogens is 2. The van der Waals surface area contributed by atoms with E-state index in [0.717, 1.165) is 22.3 Å². The van der Waals surface area contributed by atoms with Crippen molar-refractivity contribution < 1.29 is 4.79 Å². The van der Waals surface area contributed by atoms with Gasteiger partial charge in [0.05, 0.1) is 16.0 Å². The van der Waals surface area contributed by atoms with Crippen LogP contribution in [0.1, 0.15) is 66.2 Å². The smallest absolute Gasteiger partial charge is 0.250 e. The van der Waals surface area contributed by atoms with Gasteiger partial charge in [-0.15, -0.1) is 11.3 Å². The number of thiophene rings is 1. The van der Waals surface area contributed by atoms with Crippen LogP contribution in [0.2, 0.25) is 0 Å². The van der Waals surface area contributed by atoms with E-state index in [9.17, 15) is 4.79 Å². The lowest BCUT2D eigenvalue weighted by atomic mass is 9.93. The monoisotopic (exact) mass is 394 g/mol. The molecule has 5 rings (SSSR count). The largest absolute Gasteiger partial charge is 0.366 e. The Labute approximate surface area is 169 Å². The topological polar surface area (TPSA) is 75.0 Å². The van der Waals surface area contributed by atoms with Crippen LogP contribution >= 0.6 is 11.3 Å². The number of nitrogens with one attached hydrogen (secondary N) is 1. The Morgan fingerprint density at radius 2 is 1.96 bits per heavy atom. The van der Waals surface area contributed by atoms with Crippen molar-refractivity contribution in [2.75, 3.05) is 6.54 Å². The van der Waals surface area contributed by atoms with Crippen LogP contribution in [-0.4, -0.2) is 33.4 Å². The lowest BCUT2D eigenvalue weighted by Gasteiger charge is -2.35. The molecule has 2 aromatic heterocycles. The van der Waals surface area contributed by atoms with Gasteiger partial charge < -0.3 is 10.7 Å². The number of likely N-dealkylation sites (tertiary alicyclic amines) is 1. The van der Waals surface area contributed by atoms with Crippen molar-refractivity contribution in [2.24, 2.45) is 5.73 Å². The molecule has 1 saturated heterocycles. The van der Waals surface area contributed by atoms with E-state index < -0.39 is 5.91 Å². The highest BCUT2D eigenvalue weighted by Crippen LogP contribution is 2.41. The van der Waals surface area contributed by atoms with Crippen LogP contribution in [0.3, 0.4) is 0 Å². The van der Waals surface area contributed by atoms with Crippen LogP contribution in [-0.2, 0) is 0 Å². The van der Waals surface area contributed by atoms with Crippen molar-refractivity contribution in [3.05, 3.63) is 40.8 Å². The zero-order chi connectivity index (χ0) is 19.1. The van der Waals surface area contributed by atoms with Gasteiger partial charge in [-0.2, -0.15) is 0 Å². The summed E-state index contributed by atoms with van der Waals surface area (Å²) in [4.78, 5) is 25.1. The Morgan fingerprint density at radius 3 is 2.79 bits per heavy atom. The van der Waals surface area contributed by atoms with Crippen LogP contribution in [0.4, 0.5) is 0 Å². The molecular weight excluding hydrogens is 368 g/mol. The molecule has 1 atom stereocenters. The maximum absolute atomic E-state index is 11.7. The van der Waals surface area contributed by atoms with Gasteiger partial charge >= 0.3 is 0 Å². The number of fused-ring (bicyclic) bond motifs is 1. The molecule has 1 amide bonds. The molecule has 0 spiro atoms. The Bertz CT molecular complexity index is 1000. The average molecular weight is 395 g/mol. The molecule has 1 aromatic carbocycles. The number of carbonyl (C=O) groups is 1. The number of carbonyl (C=O) groups excluding carboxylic acids is 1. The number of aromatic amines is 1. The lowest BCUT2D eigenvalue weighted by Crippen LogP contribution is -2.35. The van der Waals surface area contributed by atoms with Crippen molar-refractivity contribution >= 4 is 28.3 Å². The van der Waals surface area contributed by atoms with Gasteiger partial charge in [0.2, 0.25) is 0 Å². The van der Waals surface area contributed by atoms with E-state index in [1.54, 1.807) is 6.07 Å². The predicted molar refractivity (Wildman–Crippen MR) is 113 cm³/mol. The molecule has 3 N–H and O–H groups in total. The predicted octanol–water partition coefficient (Wildman–Crippen LogP) is 4.86. The summed E-state index contributed by atoms with van der Waals surface area (Å²) in [7, 11) is 0. The fourth-order valence-electron chi connectivity index (χ4n) is 4.95. The van der Waals surface area contributed by atoms with E-state index in [-0.39, 0.29) is 0 Å². The summed E-state index contributed by atoms with van der Waals surface area (Å²) >= 11 is 1.83. The number of para-hydroxylation sites is 1. The van der Waals surface area contributed by atoms with Gasteiger partial charge in [0.15, 0.2) is 0 Å². The number of nitrogens with zero attached hydrogens (tertiary/aromatic N) is 2. The van der Waals surface area contributed by atoms with E-state index in [1.165, 1.54) is 56.4 Å². The van der Waals surface area contributed by atoms with Crippen molar-refractivity contribution in [2.45, 2.75) is 57.0 Å². The third-order valence-electron chi connectivity index (χ3n) is 6.30. The minimum absolute atomic E-state index is 0.440. The summed E-state index contributed by atoms with van der Waals surface area (Å²) in [5.41, 5.74) is 7.48. The summed E-state index contributed by atoms with van der Waals surface area (Å²) < 4.78 is 0. The zero-order valence-electron chi connectivity index (χ0n) is 16.0. The minimum atomic E-state index is -0.440. The number of H-pyrrole nitrogens is 1. The number of amides is 1. The summed E-state index contributed by atoms with van der Waals surface area (Å²) in [6.07, 6.45) is 9.42. The second-order valence-corrected chi connectivity index (χ2v) is 9.16.